The predicted molar refractivity (Wildman–Crippen MR) is 115 cm³/mol. The average Bonchev–Trinajstić information content (AvgIpc) is 2.96. The Balaban J connectivity index is 1.53. The average molecular weight is 410 g/mol. The first-order valence-corrected chi connectivity index (χ1v) is 10.1. The van der Waals surface area contributed by atoms with Crippen LogP contribution in [0.5, 0.6) is 11.5 Å². The number of benzene rings is 2. The van der Waals surface area contributed by atoms with E-state index in [0.717, 1.165) is 29.1 Å². The Hall–Kier alpha value is -3.15. The maximum absolute atomic E-state index is 13.0. The lowest BCUT2D eigenvalue weighted by atomic mass is 10.1. The van der Waals surface area contributed by atoms with Crippen molar-refractivity contribution in [3.63, 3.8) is 0 Å². The van der Waals surface area contributed by atoms with Crippen LogP contribution >= 0.6 is 0 Å². The third-order valence-corrected chi connectivity index (χ3v) is 4.87. The van der Waals surface area contributed by atoms with Crippen LogP contribution in [0, 0.1) is 25.6 Å². The maximum atomic E-state index is 13.0. The molecule has 0 spiro atoms. The van der Waals surface area contributed by atoms with Crippen molar-refractivity contribution in [1.29, 1.82) is 0 Å². The SMILES string of the molecule is Cc1nn(CC(C)C)c(C)c1CC(=O)NCc1ccc(Oc2ccc(F)cc2)cc1. The second-order valence-electron chi connectivity index (χ2n) is 7.88. The molecule has 2 aromatic carbocycles. The molecule has 0 saturated carbocycles. The number of carbonyl (C=O) groups is 1. The van der Waals surface area contributed by atoms with Gasteiger partial charge in [0, 0.05) is 24.3 Å². The Morgan fingerprint density at radius 2 is 1.67 bits per heavy atom. The standard InChI is InChI=1S/C24H28FN3O2/c1-16(2)15-28-18(4)23(17(3)27-28)13-24(29)26-14-19-5-9-21(10-6-19)30-22-11-7-20(25)8-12-22/h5-12,16H,13-15H2,1-4H3,(H,26,29). The molecule has 1 amide bonds. The molecule has 0 radical (unpaired) electrons. The second kappa shape index (κ2) is 9.57. The van der Waals surface area contributed by atoms with E-state index >= 15 is 0 Å². The summed E-state index contributed by atoms with van der Waals surface area (Å²) in [5.41, 5.74) is 3.93. The van der Waals surface area contributed by atoms with Crippen molar-refractivity contribution in [3.05, 3.63) is 76.9 Å². The topological polar surface area (TPSA) is 56.2 Å². The van der Waals surface area contributed by atoms with Gasteiger partial charge in [-0.25, -0.2) is 4.39 Å². The molecule has 0 atom stereocenters. The minimum absolute atomic E-state index is 0.0306. The number of halogens is 1. The number of amides is 1. The van der Waals surface area contributed by atoms with Gasteiger partial charge in [0.25, 0.3) is 0 Å². The van der Waals surface area contributed by atoms with Crippen LogP contribution in [0.1, 0.15) is 36.4 Å². The molecular weight excluding hydrogens is 381 g/mol. The smallest absolute Gasteiger partial charge is 0.224 e. The van der Waals surface area contributed by atoms with Crippen molar-refractivity contribution >= 4 is 5.91 Å². The fourth-order valence-electron chi connectivity index (χ4n) is 3.25. The van der Waals surface area contributed by atoms with Crippen LogP contribution in [-0.2, 0) is 24.3 Å². The van der Waals surface area contributed by atoms with Crippen LogP contribution in [0.4, 0.5) is 4.39 Å². The van der Waals surface area contributed by atoms with Crippen molar-refractivity contribution in [1.82, 2.24) is 15.1 Å². The summed E-state index contributed by atoms with van der Waals surface area (Å²) in [7, 11) is 0. The molecule has 158 valence electrons. The summed E-state index contributed by atoms with van der Waals surface area (Å²) in [4.78, 5) is 12.5. The number of ether oxygens (including phenoxy) is 1. The van der Waals surface area contributed by atoms with Gasteiger partial charge in [0.05, 0.1) is 12.1 Å². The number of carbonyl (C=O) groups excluding carboxylic acids is 1. The molecule has 1 N–H and O–H groups in total. The van der Waals surface area contributed by atoms with E-state index in [0.29, 0.717) is 30.4 Å². The number of hydrogen-bond donors (Lipinski definition) is 1. The van der Waals surface area contributed by atoms with Crippen molar-refractivity contribution in [2.75, 3.05) is 0 Å². The first-order valence-electron chi connectivity index (χ1n) is 10.1. The van der Waals surface area contributed by atoms with Crippen LogP contribution in [0.25, 0.3) is 0 Å². The minimum Gasteiger partial charge on any atom is -0.457 e. The molecule has 0 fully saturated rings. The normalized spacial score (nSPS) is 11.0. The molecule has 0 aliphatic heterocycles. The Kier molecular flexibility index (Phi) is 6.87. The van der Waals surface area contributed by atoms with Crippen LogP contribution < -0.4 is 10.1 Å². The van der Waals surface area contributed by atoms with Crippen molar-refractivity contribution in [2.24, 2.45) is 5.92 Å². The fourth-order valence-corrected chi connectivity index (χ4v) is 3.25. The summed E-state index contributed by atoms with van der Waals surface area (Å²) >= 11 is 0. The fraction of sp³-hybridized carbons (Fsp3) is 0.333. The monoisotopic (exact) mass is 409 g/mol. The first-order chi connectivity index (χ1) is 14.3. The van der Waals surface area contributed by atoms with Crippen LogP contribution in [-0.4, -0.2) is 15.7 Å². The minimum atomic E-state index is -0.300. The van der Waals surface area contributed by atoms with Crippen molar-refractivity contribution in [2.45, 2.75) is 47.2 Å². The van der Waals surface area contributed by atoms with E-state index in [1.807, 2.05) is 42.8 Å². The van der Waals surface area contributed by atoms with Gasteiger partial charge in [-0.1, -0.05) is 26.0 Å². The lowest BCUT2D eigenvalue weighted by molar-refractivity contribution is -0.120. The third-order valence-electron chi connectivity index (χ3n) is 4.87. The quantitative estimate of drug-likeness (QED) is 0.573. The van der Waals surface area contributed by atoms with Gasteiger partial charge < -0.3 is 10.1 Å². The molecule has 0 bridgehead atoms. The Morgan fingerprint density at radius 3 is 2.27 bits per heavy atom. The Bertz CT molecular complexity index is 993. The van der Waals surface area contributed by atoms with E-state index < -0.39 is 0 Å². The molecule has 6 heteroatoms. The summed E-state index contributed by atoms with van der Waals surface area (Å²) < 4.78 is 20.6. The number of rotatable bonds is 8. The number of hydrogen-bond acceptors (Lipinski definition) is 3. The van der Waals surface area contributed by atoms with Crippen molar-refractivity contribution < 1.29 is 13.9 Å². The van der Waals surface area contributed by atoms with Crippen LogP contribution in [0.15, 0.2) is 48.5 Å². The summed E-state index contributed by atoms with van der Waals surface area (Å²) in [6.07, 6.45) is 0.321. The third kappa shape index (κ3) is 5.69. The molecule has 3 rings (SSSR count). The van der Waals surface area contributed by atoms with Crippen LogP contribution in [0.2, 0.25) is 0 Å². The highest BCUT2D eigenvalue weighted by atomic mass is 19.1. The number of aromatic nitrogens is 2. The lowest BCUT2D eigenvalue weighted by Crippen LogP contribution is -2.25. The molecule has 1 heterocycles. The molecule has 0 saturated heterocycles. The highest BCUT2D eigenvalue weighted by Crippen LogP contribution is 2.22. The molecule has 0 unspecified atom stereocenters. The number of aryl methyl sites for hydroxylation is 1. The van der Waals surface area contributed by atoms with E-state index in [4.69, 9.17) is 4.74 Å². The molecule has 30 heavy (non-hydrogen) atoms. The summed E-state index contributed by atoms with van der Waals surface area (Å²) in [6.45, 7) is 9.56. The molecule has 0 aliphatic rings. The predicted octanol–water partition coefficient (Wildman–Crippen LogP) is 4.95. The van der Waals surface area contributed by atoms with Gasteiger partial charge in [0.15, 0.2) is 0 Å². The summed E-state index contributed by atoms with van der Waals surface area (Å²) in [5.74, 6) is 1.39. The Morgan fingerprint density at radius 1 is 1.07 bits per heavy atom. The van der Waals surface area contributed by atoms with E-state index in [2.05, 4.69) is 24.3 Å². The van der Waals surface area contributed by atoms with Gasteiger partial charge in [-0.15, -0.1) is 0 Å². The van der Waals surface area contributed by atoms with E-state index in [-0.39, 0.29) is 11.7 Å². The number of nitrogens with one attached hydrogen (secondary N) is 1. The van der Waals surface area contributed by atoms with Crippen LogP contribution in [0.3, 0.4) is 0 Å². The van der Waals surface area contributed by atoms with Gasteiger partial charge in [-0.3, -0.25) is 9.48 Å². The summed E-state index contributed by atoms with van der Waals surface area (Å²) in [6, 6.07) is 13.3. The van der Waals surface area contributed by atoms with E-state index in [1.165, 1.54) is 12.1 Å². The molecule has 5 nitrogen and oxygen atoms in total. The summed E-state index contributed by atoms with van der Waals surface area (Å²) in [5, 5.41) is 7.54. The van der Waals surface area contributed by atoms with E-state index in [9.17, 15) is 9.18 Å². The van der Waals surface area contributed by atoms with Gasteiger partial charge in [0.2, 0.25) is 5.91 Å². The van der Waals surface area contributed by atoms with Gasteiger partial charge in [-0.05, 0) is 61.7 Å². The van der Waals surface area contributed by atoms with Crippen molar-refractivity contribution in [3.8, 4) is 11.5 Å². The molecule has 3 aromatic rings. The van der Waals surface area contributed by atoms with Gasteiger partial charge in [-0.2, -0.15) is 5.10 Å². The highest BCUT2D eigenvalue weighted by Gasteiger charge is 2.15. The molecular formula is C24H28FN3O2. The lowest BCUT2D eigenvalue weighted by Gasteiger charge is -2.09. The Labute approximate surface area is 176 Å². The largest absolute Gasteiger partial charge is 0.457 e. The number of nitrogens with zero attached hydrogens (tertiary/aromatic N) is 2. The van der Waals surface area contributed by atoms with Gasteiger partial charge in [0.1, 0.15) is 17.3 Å². The molecule has 0 aliphatic carbocycles. The zero-order valence-electron chi connectivity index (χ0n) is 17.9. The maximum Gasteiger partial charge on any atom is 0.224 e. The first kappa shape index (κ1) is 21.6. The highest BCUT2D eigenvalue weighted by molar-refractivity contribution is 5.79. The van der Waals surface area contributed by atoms with E-state index in [1.54, 1.807) is 12.1 Å². The zero-order valence-corrected chi connectivity index (χ0v) is 17.9. The second-order valence-corrected chi connectivity index (χ2v) is 7.88. The molecule has 1 aromatic heterocycles. The van der Waals surface area contributed by atoms with Gasteiger partial charge >= 0.3 is 0 Å². The zero-order chi connectivity index (χ0) is 21.7.